The molecule has 5 rings (SSSR count). The Morgan fingerprint density at radius 3 is 2.09 bits per heavy atom. The summed E-state index contributed by atoms with van der Waals surface area (Å²) in [5.41, 5.74) is 0. The number of carbonyl (C=O) groups is 3. The van der Waals surface area contributed by atoms with Crippen molar-refractivity contribution in [3.63, 3.8) is 0 Å². The van der Waals surface area contributed by atoms with E-state index in [4.69, 9.17) is 0 Å². The number of benzene rings is 2. The molecule has 3 atom stereocenters. The largest absolute Gasteiger partial charge is 0.338 e. The first-order valence-electron chi connectivity index (χ1n) is 11.6. The van der Waals surface area contributed by atoms with E-state index in [0.717, 1.165) is 15.7 Å². The number of hydrogen-bond acceptors (Lipinski definition) is 5. The van der Waals surface area contributed by atoms with Gasteiger partial charge in [0.2, 0.25) is 27.7 Å². The number of amides is 3. The Morgan fingerprint density at radius 2 is 1.47 bits per heavy atom. The summed E-state index contributed by atoms with van der Waals surface area (Å²) in [5, 5.41) is 1.81. The lowest BCUT2D eigenvalue weighted by Gasteiger charge is -2.36. The highest BCUT2D eigenvalue weighted by Crippen LogP contribution is 2.36. The third kappa shape index (κ3) is 3.73. The van der Waals surface area contributed by atoms with Crippen molar-refractivity contribution < 1.29 is 22.8 Å². The van der Waals surface area contributed by atoms with E-state index >= 15 is 0 Å². The van der Waals surface area contributed by atoms with Crippen LogP contribution in [0.2, 0.25) is 0 Å². The second-order valence-electron chi connectivity index (χ2n) is 9.12. The van der Waals surface area contributed by atoms with E-state index < -0.39 is 16.1 Å². The summed E-state index contributed by atoms with van der Waals surface area (Å²) < 4.78 is 27.8. The second kappa shape index (κ2) is 8.63. The normalized spacial score (nSPS) is 24.5. The van der Waals surface area contributed by atoms with Gasteiger partial charge in [0.25, 0.3) is 0 Å². The summed E-state index contributed by atoms with van der Waals surface area (Å²) in [6, 6.07) is 11.8. The van der Waals surface area contributed by atoms with Crippen LogP contribution in [0, 0.1) is 11.8 Å². The third-order valence-corrected chi connectivity index (χ3v) is 9.09. The fourth-order valence-electron chi connectivity index (χ4n) is 5.21. The molecule has 2 aromatic rings. The summed E-state index contributed by atoms with van der Waals surface area (Å²) in [5.74, 6) is -1.64. The van der Waals surface area contributed by atoms with Gasteiger partial charge in [-0.05, 0) is 42.7 Å². The monoisotopic (exact) mass is 481 g/mol. The highest BCUT2D eigenvalue weighted by atomic mass is 32.2. The van der Waals surface area contributed by atoms with Crippen LogP contribution in [-0.2, 0) is 24.4 Å². The van der Waals surface area contributed by atoms with E-state index in [1.165, 1.54) is 4.31 Å². The maximum absolute atomic E-state index is 13.2. The zero-order valence-corrected chi connectivity index (χ0v) is 19.8. The number of sulfonamides is 1. The summed E-state index contributed by atoms with van der Waals surface area (Å²) >= 11 is 0. The predicted octanol–water partition coefficient (Wildman–Crippen LogP) is 2.01. The lowest BCUT2D eigenvalue weighted by atomic mass is 9.85. The third-order valence-electron chi connectivity index (χ3n) is 7.20. The van der Waals surface area contributed by atoms with Crippen LogP contribution in [0.25, 0.3) is 10.8 Å². The molecule has 0 spiro atoms. The number of likely N-dealkylation sites (tertiary alicyclic amines) is 1. The standard InChI is InChI=1S/C25H27N3O5S/c1-17(28-24(30)21-8-4-5-9-22(21)25(28)31)23(29)26-12-14-27(15-13-26)34(32,33)20-11-10-18-6-2-3-7-19(18)16-20/h2-7,10-11,16-17,21-22H,8-9,12-15H2,1H3. The van der Waals surface area contributed by atoms with Crippen LogP contribution in [0.15, 0.2) is 59.5 Å². The van der Waals surface area contributed by atoms with Gasteiger partial charge in [-0.25, -0.2) is 8.42 Å². The molecule has 0 aromatic heterocycles. The van der Waals surface area contributed by atoms with E-state index in [1.54, 1.807) is 30.0 Å². The molecule has 3 unspecified atom stereocenters. The van der Waals surface area contributed by atoms with Crippen molar-refractivity contribution in [3.8, 4) is 0 Å². The quantitative estimate of drug-likeness (QED) is 0.492. The fraction of sp³-hybridized carbons (Fsp3) is 0.400. The highest BCUT2D eigenvalue weighted by Gasteiger charge is 2.50. The molecular formula is C25H27N3O5S. The minimum Gasteiger partial charge on any atom is -0.338 e. The Hall–Kier alpha value is -3.04. The molecule has 2 aliphatic heterocycles. The second-order valence-corrected chi connectivity index (χ2v) is 11.1. The van der Waals surface area contributed by atoms with Gasteiger partial charge < -0.3 is 4.90 Å². The van der Waals surface area contributed by atoms with Crippen molar-refractivity contribution in [2.45, 2.75) is 30.7 Å². The number of imide groups is 1. The number of carbonyl (C=O) groups excluding carboxylic acids is 3. The van der Waals surface area contributed by atoms with Gasteiger partial charge in [0.1, 0.15) is 6.04 Å². The Morgan fingerprint density at radius 1 is 0.882 bits per heavy atom. The molecular weight excluding hydrogens is 454 g/mol. The lowest BCUT2D eigenvalue weighted by molar-refractivity contribution is -0.151. The minimum atomic E-state index is -3.70. The molecule has 2 fully saturated rings. The first kappa shape index (κ1) is 22.7. The fourth-order valence-corrected chi connectivity index (χ4v) is 6.67. The number of fused-ring (bicyclic) bond motifs is 2. The van der Waals surface area contributed by atoms with Crippen LogP contribution in [0.5, 0.6) is 0 Å². The average Bonchev–Trinajstić information content (AvgIpc) is 3.12. The maximum atomic E-state index is 13.2. The summed E-state index contributed by atoms with van der Waals surface area (Å²) in [6.45, 7) is 2.32. The molecule has 9 heteroatoms. The van der Waals surface area contributed by atoms with Crippen molar-refractivity contribution in [2.75, 3.05) is 26.2 Å². The van der Waals surface area contributed by atoms with Crippen molar-refractivity contribution in [3.05, 3.63) is 54.6 Å². The van der Waals surface area contributed by atoms with Crippen molar-refractivity contribution >= 4 is 38.5 Å². The summed E-state index contributed by atoms with van der Waals surface area (Å²) in [4.78, 5) is 41.7. The molecule has 0 radical (unpaired) electrons. The van der Waals surface area contributed by atoms with Crippen LogP contribution < -0.4 is 0 Å². The van der Waals surface area contributed by atoms with E-state index in [9.17, 15) is 22.8 Å². The van der Waals surface area contributed by atoms with Gasteiger partial charge >= 0.3 is 0 Å². The molecule has 178 valence electrons. The zero-order chi connectivity index (χ0) is 24.0. The van der Waals surface area contributed by atoms with E-state index in [0.29, 0.717) is 12.8 Å². The molecule has 0 N–H and O–H groups in total. The minimum absolute atomic E-state index is 0.157. The SMILES string of the molecule is CC(C(=O)N1CCN(S(=O)(=O)c2ccc3ccccc3c2)CC1)N1C(=O)C2CC=CCC2C1=O. The zero-order valence-electron chi connectivity index (χ0n) is 19.0. The summed E-state index contributed by atoms with van der Waals surface area (Å²) in [6.07, 6.45) is 4.88. The Kier molecular flexibility index (Phi) is 5.77. The molecule has 0 saturated carbocycles. The first-order chi connectivity index (χ1) is 16.3. The van der Waals surface area contributed by atoms with Gasteiger partial charge in [0.05, 0.1) is 16.7 Å². The van der Waals surface area contributed by atoms with Crippen molar-refractivity contribution in [1.82, 2.24) is 14.1 Å². The topological polar surface area (TPSA) is 95.1 Å². The Bertz CT molecular complexity index is 1270. The van der Waals surface area contributed by atoms with E-state index in [1.807, 2.05) is 36.4 Å². The predicted molar refractivity (Wildman–Crippen MR) is 126 cm³/mol. The van der Waals surface area contributed by atoms with Crippen molar-refractivity contribution in [2.24, 2.45) is 11.8 Å². The molecule has 34 heavy (non-hydrogen) atoms. The Balaban J connectivity index is 1.26. The molecule has 2 aromatic carbocycles. The van der Waals surface area contributed by atoms with E-state index in [-0.39, 0.29) is 60.6 Å². The molecule has 2 heterocycles. The van der Waals surface area contributed by atoms with Gasteiger partial charge in [-0.2, -0.15) is 4.31 Å². The summed E-state index contributed by atoms with van der Waals surface area (Å²) in [7, 11) is -3.70. The van der Waals surface area contributed by atoms with Gasteiger partial charge in [-0.1, -0.05) is 42.5 Å². The Labute approximate surface area is 198 Å². The molecule has 3 amide bonds. The smallest absolute Gasteiger partial charge is 0.245 e. The molecule has 1 aliphatic carbocycles. The number of hydrogen-bond donors (Lipinski definition) is 0. The van der Waals surface area contributed by atoms with Crippen LogP contribution in [0.4, 0.5) is 0 Å². The van der Waals surface area contributed by atoms with Gasteiger partial charge in [0.15, 0.2) is 0 Å². The maximum Gasteiger partial charge on any atom is 0.245 e. The van der Waals surface area contributed by atoms with Crippen LogP contribution in [-0.4, -0.2) is 72.5 Å². The van der Waals surface area contributed by atoms with Crippen LogP contribution in [0.1, 0.15) is 19.8 Å². The number of nitrogens with zero attached hydrogens (tertiary/aromatic N) is 3. The van der Waals surface area contributed by atoms with Gasteiger partial charge in [-0.15, -0.1) is 0 Å². The highest BCUT2D eigenvalue weighted by molar-refractivity contribution is 7.89. The number of rotatable bonds is 4. The molecule has 0 bridgehead atoms. The van der Waals surface area contributed by atoms with Gasteiger partial charge in [0, 0.05) is 26.2 Å². The lowest BCUT2D eigenvalue weighted by Crippen LogP contribution is -2.56. The van der Waals surface area contributed by atoms with Gasteiger partial charge in [-0.3, -0.25) is 19.3 Å². The number of piperazine rings is 1. The molecule has 8 nitrogen and oxygen atoms in total. The van der Waals surface area contributed by atoms with Crippen LogP contribution in [0.3, 0.4) is 0 Å². The number of allylic oxidation sites excluding steroid dienone is 2. The molecule has 2 saturated heterocycles. The average molecular weight is 482 g/mol. The molecule has 3 aliphatic rings. The van der Waals surface area contributed by atoms with Crippen LogP contribution >= 0.6 is 0 Å². The van der Waals surface area contributed by atoms with E-state index in [2.05, 4.69) is 0 Å². The first-order valence-corrected chi connectivity index (χ1v) is 13.0. The van der Waals surface area contributed by atoms with Crippen molar-refractivity contribution in [1.29, 1.82) is 0 Å².